The van der Waals surface area contributed by atoms with Gasteiger partial charge in [-0.05, 0) is 53.7 Å². The maximum absolute atomic E-state index is 13.4. The van der Waals surface area contributed by atoms with Gasteiger partial charge in [-0.3, -0.25) is 14.5 Å². The lowest BCUT2D eigenvalue weighted by molar-refractivity contribution is -0.118. The highest BCUT2D eigenvalue weighted by Gasteiger charge is 2.43. The molecule has 0 bridgehead atoms. The number of aromatic amines is 1. The van der Waals surface area contributed by atoms with Crippen LogP contribution in [0.4, 0.5) is 5.69 Å². The number of allylic oxidation sites excluding steroid dienone is 1. The molecule has 3 aromatic rings. The van der Waals surface area contributed by atoms with E-state index in [2.05, 4.69) is 24.1 Å². The van der Waals surface area contributed by atoms with E-state index in [1.54, 1.807) is 0 Å². The average Bonchev–Trinajstić information content (AvgIpc) is 2.72. The van der Waals surface area contributed by atoms with Crippen LogP contribution in [-0.2, 0) is 4.79 Å². The van der Waals surface area contributed by atoms with Crippen molar-refractivity contribution in [2.45, 2.75) is 32.7 Å². The van der Waals surface area contributed by atoms with Gasteiger partial charge in [-0.2, -0.15) is 0 Å². The minimum atomic E-state index is -0.570. The van der Waals surface area contributed by atoms with Crippen LogP contribution in [0.1, 0.15) is 38.3 Å². The van der Waals surface area contributed by atoms with E-state index < -0.39 is 6.04 Å². The van der Waals surface area contributed by atoms with Crippen molar-refractivity contribution in [2.75, 3.05) is 4.90 Å². The fraction of sp³-hybridized carbons (Fsp3) is 0.240. The number of rotatable bonds is 2. The number of thiocarbonyl (C=S) groups is 1. The van der Waals surface area contributed by atoms with Crippen molar-refractivity contribution >= 4 is 39.7 Å². The van der Waals surface area contributed by atoms with E-state index >= 15 is 0 Å². The highest BCUT2D eigenvalue weighted by atomic mass is 32.1. The lowest BCUT2D eigenvalue weighted by Gasteiger charge is -2.44. The summed E-state index contributed by atoms with van der Waals surface area (Å²) in [4.78, 5) is 31.3. The summed E-state index contributed by atoms with van der Waals surface area (Å²) in [6.07, 6.45) is 1.14. The zero-order valence-electron chi connectivity index (χ0n) is 17.4. The van der Waals surface area contributed by atoms with Crippen LogP contribution >= 0.6 is 12.2 Å². The van der Waals surface area contributed by atoms with Gasteiger partial charge in [0.05, 0.1) is 6.04 Å². The van der Waals surface area contributed by atoms with Crippen molar-refractivity contribution in [1.29, 1.82) is 0 Å². The largest absolute Gasteiger partial charge is 0.351 e. The first-order valence-electron chi connectivity index (χ1n) is 10.4. The Hall–Kier alpha value is -3.25. The van der Waals surface area contributed by atoms with E-state index in [0.29, 0.717) is 29.1 Å². The van der Waals surface area contributed by atoms with Crippen LogP contribution in [-0.4, -0.2) is 15.9 Å². The summed E-state index contributed by atoms with van der Waals surface area (Å²) in [7, 11) is 0. The van der Waals surface area contributed by atoms with Gasteiger partial charge < -0.3 is 10.3 Å². The molecule has 31 heavy (non-hydrogen) atoms. The Bertz CT molecular complexity index is 1310. The number of nitrogens with one attached hydrogen (secondary N) is 2. The molecule has 1 atom stereocenters. The molecular formula is C25H23N3O2S. The number of pyridine rings is 1. The molecular weight excluding hydrogens is 406 g/mol. The molecule has 0 saturated carbocycles. The number of Topliss-reactive ketones (excluding diaryl/α,β-unsaturated/α-hetero) is 1. The number of para-hydroxylation sites is 2. The third kappa shape index (κ3) is 3.37. The van der Waals surface area contributed by atoms with Gasteiger partial charge >= 0.3 is 0 Å². The minimum absolute atomic E-state index is 0.0553. The molecule has 5 rings (SSSR count). The monoisotopic (exact) mass is 429 g/mol. The number of ketones is 1. The van der Waals surface area contributed by atoms with E-state index in [9.17, 15) is 9.59 Å². The molecule has 5 nitrogen and oxygen atoms in total. The molecule has 2 aromatic carbocycles. The summed E-state index contributed by atoms with van der Waals surface area (Å²) in [5, 5.41) is 4.71. The molecule has 156 valence electrons. The van der Waals surface area contributed by atoms with Crippen LogP contribution in [0, 0.1) is 5.41 Å². The molecule has 1 aromatic heterocycles. The predicted octanol–water partition coefficient (Wildman–Crippen LogP) is 4.61. The SMILES string of the molecule is CC1(C)CC(=O)C2=C(C1)N(c1ccccc1)C(=S)NC2c1cc2ccccc2[nH]c1=O. The van der Waals surface area contributed by atoms with Crippen molar-refractivity contribution in [3.63, 3.8) is 0 Å². The third-order valence-electron chi connectivity index (χ3n) is 6.03. The van der Waals surface area contributed by atoms with Crippen LogP contribution < -0.4 is 15.8 Å². The Morgan fingerprint density at radius 2 is 1.71 bits per heavy atom. The highest BCUT2D eigenvalue weighted by Crippen LogP contribution is 2.45. The van der Waals surface area contributed by atoms with E-state index in [0.717, 1.165) is 22.3 Å². The summed E-state index contributed by atoms with van der Waals surface area (Å²) in [5.41, 5.74) is 3.31. The summed E-state index contributed by atoms with van der Waals surface area (Å²) < 4.78 is 0. The number of anilines is 1. The van der Waals surface area contributed by atoms with Crippen LogP contribution in [0.3, 0.4) is 0 Å². The molecule has 2 N–H and O–H groups in total. The number of nitrogens with zero attached hydrogens (tertiary/aromatic N) is 1. The molecule has 2 aliphatic rings. The molecule has 0 saturated heterocycles. The minimum Gasteiger partial charge on any atom is -0.351 e. The first kappa shape index (κ1) is 19.7. The zero-order valence-corrected chi connectivity index (χ0v) is 18.3. The van der Waals surface area contributed by atoms with Crippen molar-refractivity contribution in [2.24, 2.45) is 5.41 Å². The number of hydrogen-bond acceptors (Lipinski definition) is 3. The first-order valence-corrected chi connectivity index (χ1v) is 10.8. The summed E-state index contributed by atoms with van der Waals surface area (Å²) in [5.74, 6) is 0.0553. The summed E-state index contributed by atoms with van der Waals surface area (Å²) in [6.45, 7) is 4.20. The van der Waals surface area contributed by atoms with Gasteiger partial charge in [0.2, 0.25) is 0 Å². The van der Waals surface area contributed by atoms with E-state index in [4.69, 9.17) is 12.2 Å². The lowest BCUT2D eigenvalue weighted by Crippen LogP contribution is -2.52. The molecule has 1 unspecified atom stereocenters. The second kappa shape index (κ2) is 7.17. The van der Waals surface area contributed by atoms with Gasteiger partial charge in [0, 0.05) is 34.5 Å². The standard InChI is InChI=1S/C25H23N3O2S/c1-25(2)13-19-21(20(29)14-25)22(27-24(31)28(19)16-9-4-3-5-10-16)17-12-15-8-6-7-11-18(15)26-23(17)30/h3-12,22H,13-14H2,1-2H3,(H,26,30)(H,27,31). The van der Waals surface area contributed by atoms with Gasteiger partial charge in [-0.25, -0.2) is 0 Å². The van der Waals surface area contributed by atoms with E-state index in [-0.39, 0.29) is 16.8 Å². The topological polar surface area (TPSA) is 65.2 Å². The van der Waals surface area contributed by atoms with Crippen molar-refractivity contribution in [3.8, 4) is 0 Å². The van der Waals surface area contributed by atoms with Gasteiger partial charge in [0.25, 0.3) is 5.56 Å². The number of carbonyl (C=O) groups is 1. The number of fused-ring (bicyclic) bond motifs is 1. The van der Waals surface area contributed by atoms with Crippen molar-refractivity contribution in [3.05, 3.63) is 87.9 Å². The van der Waals surface area contributed by atoms with Crippen molar-refractivity contribution < 1.29 is 4.79 Å². The number of benzene rings is 2. The molecule has 1 aliphatic carbocycles. The van der Waals surface area contributed by atoms with Gasteiger partial charge in [0.1, 0.15) is 0 Å². The first-order chi connectivity index (χ1) is 14.8. The number of aromatic nitrogens is 1. The van der Waals surface area contributed by atoms with E-state index in [1.165, 1.54) is 0 Å². The van der Waals surface area contributed by atoms with E-state index in [1.807, 2.05) is 65.6 Å². The Morgan fingerprint density at radius 3 is 2.48 bits per heavy atom. The second-order valence-corrected chi connectivity index (χ2v) is 9.38. The molecule has 0 radical (unpaired) electrons. The third-order valence-corrected chi connectivity index (χ3v) is 6.33. The maximum Gasteiger partial charge on any atom is 0.254 e. The Kier molecular flexibility index (Phi) is 4.55. The zero-order chi connectivity index (χ0) is 21.8. The molecule has 0 amide bonds. The van der Waals surface area contributed by atoms with Gasteiger partial charge in [-0.1, -0.05) is 50.2 Å². The van der Waals surface area contributed by atoms with Crippen molar-refractivity contribution in [1.82, 2.24) is 10.3 Å². The molecule has 1 aliphatic heterocycles. The van der Waals surface area contributed by atoms with Crippen LogP contribution in [0.5, 0.6) is 0 Å². The summed E-state index contributed by atoms with van der Waals surface area (Å²) in [6, 6.07) is 18.7. The molecule has 0 spiro atoms. The highest BCUT2D eigenvalue weighted by molar-refractivity contribution is 7.80. The Balaban J connectivity index is 1.73. The van der Waals surface area contributed by atoms with Crippen LogP contribution in [0.25, 0.3) is 10.9 Å². The Labute approximate surface area is 185 Å². The van der Waals surface area contributed by atoms with Crippen LogP contribution in [0.15, 0.2) is 76.7 Å². The van der Waals surface area contributed by atoms with Gasteiger partial charge in [0.15, 0.2) is 10.9 Å². The predicted molar refractivity (Wildman–Crippen MR) is 127 cm³/mol. The number of H-pyrrole nitrogens is 1. The number of carbonyl (C=O) groups excluding carboxylic acids is 1. The normalized spacial score (nSPS) is 20.6. The fourth-order valence-corrected chi connectivity index (χ4v) is 5.01. The Morgan fingerprint density at radius 1 is 1.00 bits per heavy atom. The maximum atomic E-state index is 13.4. The fourth-order valence-electron chi connectivity index (χ4n) is 4.67. The smallest absolute Gasteiger partial charge is 0.254 e. The quantitative estimate of drug-likeness (QED) is 0.583. The lowest BCUT2D eigenvalue weighted by atomic mass is 9.72. The second-order valence-electron chi connectivity index (χ2n) is 9.00. The average molecular weight is 430 g/mol. The molecule has 6 heteroatoms. The van der Waals surface area contributed by atoms with Crippen LogP contribution in [0.2, 0.25) is 0 Å². The van der Waals surface area contributed by atoms with Gasteiger partial charge in [-0.15, -0.1) is 0 Å². The number of hydrogen-bond donors (Lipinski definition) is 2. The molecule has 2 heterocycles. The summed E-state index contributed by atoms with van der Waals surface area (Å²) >= 11 is 5.76. The molecule has 0 fully saturated rings.